The normalized spacial score (nSPS) is 10.5. The molecule has 3 rings (SSSR count). The molecule has 0 atom stereocenters. The van der Waals surface area contributed by atoms with Crippen molar-refractivity contribution >= 4 is 27.4 Å². The lowest BCUT2D eigenvalue weighted by Gasteiger charge is -2.06. The summed E-state index contributed by atoms with van der Waals surface area (Å²) in [5.41, 5.74) is 1.71. The number of rotatable bonds is 5. The van der Waals surface area contributed by atoms with Crippen LogP contribution in [0.25, 0.3) is 11.1 Å². The number of carbonyl (C=O) groups excluding carboxylic acids is 1. The van der Waals surface area contributed by atoms with Crippen LogP contribution in [0, 0.1) is 10.1 Å². The minimum atomic E-state index is -0.604. The fraction of sp³-hybridized carbons (Fsp3) is 0.0526. The second kappa shape index (κ2) is 7.45. The van der Waals surface area contributed by atoms with Gasteiger partial charge in [0, 0.05) is 22.2 Å². The number of nitrogens with zero attached hydrogens (tertiary/aromatic N) is 2. The molecule has 0 amide bonds. The number of halogens is 1. The van der Waals surface area contributed by atoms with E-state index in [-0.39, 0.29) is 18.0 Å². The average molecular weight is 413 g/mol. The molecule has 0 aliphatic rings. The Labute approximate surface area is 157 Å². The first-order chi connectivity index (χ1) is 12.4. The smallest absolute Gasteiger partial charge is 0.285 e. The van der Waals surface area contributed by atoms with E-state index >= 15 is 0 Å². The molecule has 7 heteroatoms. The van der Waals surface area contributed by atoms with Gasteiger partial charge in [-0.05, 0) is 23.3 Å². The lowest BCUT2D eigenvalue weighted by Crippen LogP contribution is -2.23. The number of aromatic nitrogens is 1. The highest BCUT2D eigenvalue weighted by Crippen LogP contribution is 2.22. The molecule has 26 heavy (non-hydrogen) atoms. The number of hydrogen-bond donors (Lipinski definition) is 0. The molecule has 0 spiro atoms. The second-order valence-electron chi connectivity index (χ2n) is 5.62. The first-order valence-corrected chi connectivity index (χ1v) is 8.47. The fourth-order valence-corrected chi connectivity index (χ4v) is 2.75. The minimum Gasteiger partial charge on any atom is -0.301 e. The van der Waals surface area contributed by atoms with Gasteiger partial charge < -0.3 is 4.57 Å². The Kier molecular flexibility index (Phi) is 5.09. The van der Waals surface area contributed by atoms with Crippen molar-refractivity contribution in [2.75, 3.05) is 0 Å². The highest BCUT2D eigenvalue weighted by Gasteiger charge is 2.12. The van der Waals surface area contributed by atoms with Crippen LogP contribution in [-0.2, 0) is 6.54 Å². The maximum atomic E-state index is 12.4. The molecule has 0 saturated heterocycles. The van der Waals surface area contributed by atoms with Gasteiger partial charge in [-0.2, -0.15) is 0 Å². The van der Waals surface area contributed by atoms with Crippen LogP contribution in [-0.4, -0.2) is 15.3 Å². The lowest BCUT2D eigenvalue weighted by molar-refractivity contribution is -0.385. The highest BCUT2D eigenvalue weighted by atomic mass is 79.9. The van der Waals surface area contributed by atoms with Crippen molar-refractivity contribution < 1.29 is 9.72 Å². The molecule has 0 aliphatic carbocycles. The Bertz CT molecular complexity index is 1020. The molecular weight excluding hydrogens is 400 g/mol. The molecule has 130 valence electrons. The Morgan fingerprint density at radius 3 is 2.12 bits per heavy atom. The third kappa shape index (κ3) is 3.94. The predicted octanol–water partition coefficient (Wildman–Crippen LogP) is 4.07. The summed E-state index contributed by atoms with van der Waals surface area (Å²) in [5, 5.41) is 10.8. The zero-order valence-electron chi connectivity index (χ0n) is 13.5. The van der Waals surface area contributed by atoms with E-state index in [1.165, 1.54) is 0 Å². The number of nitro groups is 1. The van der Waals surface area contributed by atoms with Crippen molar-refractivity contribution in [3.05, 3.63) is 97.4 Å². The first-order valence-electron chi connectivity index (χ1n) is 7.68. The van der Waals surface area contributed by atoms with Crippen LogP contribution in [0.3, 0.4) is 0 Å². The summed E-state index contributed by atoms with van der Waals surface area (Å²) in [6.07, 6.45) is 1.08. The number of hydrogen-bond acceptors (Lipinski definition) is 4. The Morgan fingerprint density at radius 1 is 0.962 bits per heavy atom. The van der Waals surface area contributed by atoms with Crippen LogP contribution >= 0.6 is 15.9 Å². The molecule has 0 aliphatic heterocycles. The van der Waals surface area contributed by atoms with E-state index in [2.05, 4.69) is 15.9 Å². The summed E-state index contributed by atoms with van der Waals surface area (Å²) >= 11 is 3.39. The molecular formula is C19H13BrN2O4. The van der Waals surface area contributed by atoms with Crippen molar-refractivity contribution in [1.82, 2.24) is 4.57 Å². The van der Waals surface area contributed by atoms with Gasteiger partial charge in [-0.1, -0.05) is 52.3 Å². The maximum Gasteiger partial charge on any atom is 0.285 e. The molecule has 6 nitrogen and oxygen atoms in total. The van der Waals surface area contributed by atoms with Gasteiger partial charge in [0.1, 0.15) is 0 Å². The fourth-order valence-electron chi connectivity index (χ4n) is 2.49. The van der Waals surface area contributed by atoms with E-state index in [9.17, 15) is 19.7 Å². The zero-order valence-corrected chi connectivity index (χ0v) is 15.0. The second-order valence-corrected chi connectivity index (χ2v) is 6.53. The Morgan fingerprint density at radius 2 is 1.54 bits per heavy atom. The third-order valence-corrected chi connectivity index (χ3v) is 4.41. The van der Waals surface area contributed by atoms with Crippen LogP contribution < -0.4 is 5.56 Å². The Hall–Kier alpha value is -3.06. The summed E-state index contributed by atoms with van der Waals surface area (Å²) in [6, 6.07) is 17.0. The number of Topliss-reactive ketones (excluding diaryl/α,β-unsaturated/α-hetero) is 1. The van der Waals surface area contributed by atoms with Crippen molar-refractivity contribution in [2.45, 2.75) is 6.54 Å². The third-order valence-electron chi connectivity index (χ3n) is 3.88. The maximum absolute atomic E-state index is 12.4. The van der Waals surface area contributed by atoms with Gasteiger partial charge in [-0.3, -0.25) is 19.7 Å². The molecule has 1 heterocycles. The van der Waals surface area contributed by atoms with E-state index < -0.39 is 10.5 Å². The molecule has 3 aromatic rings. The lowest BCUT2D eigenvalue weighted by atomic mass is 10.0. The van der Waals surface area contributed by atoms with Crippen LogP contribution in [0.4, 0.5) is 5.69 Å². The van der Waals surface area contributed by atoms with Gasteiger partial charge in [0.05, 0.1) is 17.7 Å². The molecule has 0 fully saturated rings. The summed E-state index contributed by atoms with van der Waals surface area (Å²) in [5.74, 6) is -0.296. The van der Waals surface area contributed by atoms with Crippen molar-refractivity contribution in [3.8, 4) is 11.1 Å². The molecule has 0 radical (unpaired) electrons. The molecule has 0 saturated carbocycles. The molecule has 2 aromatic carbocycles. The predicted molar refractivity (Wildman–Crippen MR) is 101 cm³/mol. The molecule has 0 unspecified atom stereocenters. The van der Waals surface area contributed by atoms with Crippen molar-refractivity contribution in [1.29, 1.82) is 0 Å². The monoisotopic (exact) mass is 412 g/mol. The number of pyridine rings is 1. The van der Waals surface area contributed by atoms with Crippen molar-refractivity contribution in [2.24, 2.45) is 0 Å². The van der Waals surface area contributed by atoms with Crippen LogP contribution in [0.5, 0.6) is 0 Å². The van der Waals surface area contributed by atoms with Crippen molar-refractivity contribution in [3.63, 3.8) is 0 Å². The van der Waals surface area contributed by atoms with E-state index in [4.69, 9.17) is 0 Å². The number of benzene rings is 2. The summed E-state index contributed by atoms with van der Waals surface area (Å²) < 4.78 is 2.03. The van der Waals surface area contributed by atoms with Crippen LogP contribution in [0.2, 0.25) is 0 Å². The van der Waals surface area contributed by atoms with E-state index in [1.54, 1.807) is 12.1 Å². The van der Waals surface area contributed by atoms with Gasteiger partial charge in [0.25, 0.3) is 11.2 Å². The summed E-state index contributed by atoms with van der Waals surface area (Å²) in [6.45, 7) is -0.252. The Balaban J connectivity index is 1.80. The summed E-state index contributed by atoms with van der Waals surface area (Å²) in [4.78, 5) is 34.4. The van der Waals surface area contributed by atoms with Gasteiger partial charge in [0.2, 0.25) is 0 Å². The standard InChI is InChI=1S/C19H13BrN2O4/c20-16-7-5-14(6-8-16)13-1-3-15(4-2-13)18(23)12-21-11-17(22(25)26)9-10-19(21)24/h1-11H,12H2. The molecule has 0 bridgehead atoms. The first kappa shape index (κ1) is 17.8. The summed E-state index contributed by atoms with van der Waals surface area (Å²) in [7, 11) is 0. The van der Waals surface area contributed by atoms with E-state index in [0.717, 1.165) is 38.5 Å². The van der Waals surface area contributed by atoms with Crippen LogP contribution in [0.1, 0.15) is 10.4 Å². The van der Waals surface area contributed by atoms with E-state index in [0.29, 0.717) is 5.56 Å². The quantitative estimate of drug-likeness (QED) is 0.359. The SMILES string of the molecule is O=C(Cn1cc([N+](=O)[O-])ccc1=O)c1ccc(-c2ccc(Br)cc2)cc1. The highest BCUT2D eigenvalue weighted by molar-refractivity contribution is 9.10. The van der Waals surface area contributed by atoms with Gasteiger partial charge in [-0.25, -0.2) is 0 Å². The molecule has 0 N–H and O–H groups in total. The molecule has 1 aromatic heterocycles. The largest absolute Gasteiger partial charge is 0.301 e. The van der Waals surface area contributed by atoms with Gasteiger partial charge in [-0.15, -0.1) is 0 Å². The topological polar surface area (TPSA) is 82.2 Å². The van der Waals surface area contributed by atoms with Gasteiger partial charge in [0.15, 0.2) is 5.78 Å². The zero-order chi connectivity index (χ0) is 18.7. The average Bonchev–Trinajstić information content (AvgIpc) is 2.64. The number of carbonyl (C=O) groups is 1. The number of ketones is 1. The van der Waals surface area contributed by atoms with Gasteiger partial charge >= 0.3 is 0 Å². The van der Waals surface area contributed by atoms with E-state index in [1.807, 2.05) is 36.4 Å². The minimum absolute atomic E-state index is 0.233. The van der Waals surface area contributed by atoms with Crippen LogP contribution in [0.15, 0.2) is 76.1 Å².